The molecule has 0 aromatic carbocycles. The number of carbonyl (C=O) groups excluding carboxylic acids is 1. The van der Waals surface area contributed by atoms with Crippen LogP contribution in [-0.4, -0.2) is 17.4 Å². The van der Waals surface area contributed by atoms with Crippen molar-refractivity contribution in [1.82, 2.24) is 10.3 Å². The first-order valence-corrected chi connectivity index (χ1v) is 4.03. The van der Waals surface area contributed by atoms with Crippen molar-refractivity contribution in [3.63, 3.8) is 0 Å². The van der Waals surface area contributed by atoms with E-state index in [1.807, 2.05) is 18.3 Å². The molecule has 1 aliphatic heterocycles. The van der Waals surface area contributed by atoms with Crippen LogP contribution in [0.2, 0.25) is 0 Å². The van der Waals surface area contributed by atoms with Gasteiger partial charge in [0.2, 0.25) is 5.91 Å². The van der Waals surface area contributed by atoms with Gasteiger partial charge < -0.3 is 5.32 Å². The monoisotopic (exact) mass is 162 g/mol. The third-order valence-electron chi connectivity index (χ3n) is 2.13. The van der Waals surface area contributed by atoms with Crippen LogP contribution in [0.5, 0.6) is 0 Å². The molecule has 12 heavy (non-hydrogen) atoms. The average molecular weight is 162 g/mol. The third-order valence-corrected chi connectivity index (χ3v) is 2.13. The van der Waals surface area contributed by atoms with E-state index < -0.39 is 0 Å². The first kappa shape index (κ1) is 7.28. The molecule has 1 aromatic rings. The van der Waals surface area contributed by atoms with Crippen molar-refractivity contribution in [2.75, 3.05) is 6.54 Å². The van der Waals surface area contributed by atoms with Gasteiger partial charge in [-0.1, -0.05) is 6.07 Å². The second-order valence-corrected chi connectivity index (χ2v) is 2.99. The molecule has 0 aliphatic carbocycles. The third kappa shape index (κ3) is 1.30. The standard InChI is InChI=1S/C9H10N2O/c12-9-4-8(6-11-9)7-2-1-3-10-5-7/h1-3,5,8H,4,6H2,(H,11,12). The van der Waals surface area contributed by atoms with E-state index in [-0.39, 0.29) is 5.91 Å². The van der Waals surface area contributed by atoms with Gasteiger partial charge in [0, 0.05) is 31.3 Å². The van der Waals surface area contributed by atoms with Gasteiger partial charge in [-0.05, 0) is 11.6 Å². The highest BCUT2D eigenvalue weighted by Crippen LogP contribution is 2.21. The summed E-state index contributed by atoms with van der Waals surface area (Å²) in [5, 5.41) is 2.80. The molecule has 1 amide bonds. The molecule has 3 nitrogen and oxygen atoms in total. The van der Waals surface area contributed by atoms with Crippen LogP contribution in [0.15, 0.2) is 24.5 Å². The summed E-state index contributed by atoms with van der Waals surface area (Å²) in [5.74, 6) is 0.468. The maximum absolute atomic E-state index is 10.9. The highest BCUT2D eigenvalue weighted by molar-refractivity contribution is 5.79. The number of nitrogens with zero attached hydrogens (tertiary/aromatic N) is 1. The van der Waals surface area contributed by atoms with Crippen LogP contribution >= 0.6 is 0 Å². The molecule has 0 saturated carbocycles. The zero-order valence-corrected chi connectivity index (χ0v) is 6.66. The molecule has 0 bridgehead atoms. The summed E-state index contributed by atoms with van der Waals surface area (Å²) in [6, 6.07) is 3.91. The average Bonchev–Trinajstić information content (AvgIpc) is 2.54. The molecule has 0 spiro atoms. The fourth-order valence-corrected chi connectivity index (χ4v) is 1.46. The molecule has 0 radical (unpaired) electrons. The maximum atomic E-state index is 10.9. The summed E-state index contributed by atoms with van der Waals surface area (Å²) in [4.78, 5) is 14.9. The van der Waals surface area contributed by atoms with Crippen LogP contribution in [0.1, 0.15) is 17.9 Å². The second kappa shape index (κ2) is 2.93. The van der Waals surface area contributed by atoms with Crippen LogP contribution in [0.25, 0.3) is 0 Å². The van der Waals surface area contributed by atoms with Crippen LogP contribution in [0.3, 0.4) is 0 Å². The fourth-order valence-electron chi connectivity index (χ4n) is 1.46. The molecule has 3 heteroatoms. The summed E-state index contributed by atoms with van der Waals surface area (Å²) in [6.45, 7) is 0.754. The Morgan fingerprint density at radius 3 is 3.08 bits per heavy atom. The Labute approximate surface area is 70.8 Å². The van der Waals surface area contributed by atoms with Gasteiger partial charge in [-0.15, -0.1) is 0 Å². The van der Waals surface area contributed by atoms with E-state index in [1.165, 1.54) is 0 Å². The van der Waals surface area contributed by atoms with E-state index in [0.29, 0.717) is 12.3 Å². The summed E-state index contributed by atoms with van der Waals surface area (Å²) >= 11 is 0. The van der Waals surface area contributed by atoms with E-state index in [9.17, 15) is 4.79 Å². The SMILES string of the molecule is O=C1CC(c2cccnc2)CN1. The zero-order chi connectivity index (χ0) is 8.39. The van der Waals surface area contributed by atoms with Crippen molar-refractivity contribution in [3.05, 3.63) is 30.1 Å². The van der Waals surface area contributed by atoms with Gasteiger partial charge in [-0.3, -0.25) is 9.78 Å². The van der Waals surface area contributed by atoms with Gasteiger partial charge in [0.1, 0.15) is 0 Å². The van der Waals surface area contributed by atoms with Crippen LogP contribution < -0.4 is 5.32 Å². The molecule has 2 heterocycles. The Hall–Kier alpha value is -1.38. The normalized spacial score (nSPS) is 22.3. The van der Waals surface area contributed by atoms with E-state index >= 15 is 0 Å². The maximum Gasteiger partial charge on any atom is 0.220 e. The summed E-state index contributed by atoms with van der Waals surface area (Å²) < 4.78 is 0. The molecule has 1 aromatic heterocycles. The Morgan fingerprint density at radius 1 is 1.58 bits per heavy atom. The first-order valence-electron chi connectivity index (χ1n) is 4.03. The predicted octanol–water partition coefficient (Wildman–Crippen LogP) is 0.685. The van der Waals surface area contributed by atoms with E-state index in [0.717, 1.165) is 12.1 Å². The molecule has 62 valence electrons. The highest BCUT2D eigenvalue weighted by atomic mass is 16.1. The predicted molar refractivity (Wildman–Crippen MR) is 44.6 cm³/mol. The number of amides is 1. The van der Waals surface area contributed by atoms with Crippen molar-refractivity contribution in [3.8, 4) is 0 Å². The van der Waals surface area contributed by atoms with E-state index in [4.69, 9.17) is 0 Å². The van der Waals surface area contributed by atoms with Crippen molar-refractivity contribution >= 4 is 5.91 Å². The summed E-state index contributed by atoms with van der Waals surface area (Å²) in [5.41, 5.74) is 1.15. The Kier molecular flexibility index (Phi) is 1.78. The van der Waals surface area contributed by atoms with Crippen LogP contribution in [-0.2, 0) is 4.79 Å². The Balaban J connectivity index is 2.16. The number of aromatic nitrogens is 1. The molecule has 1 saturated heterocycles. The fraction of sp³-hybridized carbons (Fsp3) is 0.333. The van der Waals surface area contributed by atoms with Crippen molar-refractivity contribution < 1.29 is 4.79 Å². The lowest BCUT2D eigenvalue weighted by molar-refractivity contribution is -0.119. The number of carbonyl (C=O) groups is 1. The van der Waals surface area contributed by atoms with Crippen molar-refractivity contribution in [1.29, 1.82) is 0 Å². The number of nitrogens with one attached hydrogen (secondary N) is 1. The molecular formula is C9H10N2O. The van der Waals surface area contributed by atoms with Crippen LogP contribution in [0, 0.1) is 0 Å². The summed E-state index contributed by atoms with van der Waals surface area (Å²) in [6.07, 6.45) is 4.17. The number of rotatable bonds is 1. The van der Waals surface area contributed by atoms with Crippen molar-refractivity contribution in [2.24, 2.45) is 0 Å². The molecule has 1 atom stereocenters. The number of hydrogen-bond donors (Lipinski definition) is 1. The number of hydrogen-bond acceptors (Lipinski definition) is 2. The first-order chi connectivity index (χ1) is 5.86. The molecule has 2 rings (SSSR count). The van der Waals surface area contributed by atoms with E-state index in [2.05, 4.69) is 10.3 Å². The lowest BCUT2D eigenvalue weighted by atomic mass is 10.0. The zero-order valence-electron chi connectivity index (χ0n) is 6.66. The Morgan fingerprint density at radius 2 is 2.50 bits per heavy atom. The highest BCUT2D eigenvalue weighted by Gasteiger charge is 2.22. The van der Waals surface area contributed by atoms with Crippen LogP contribution in [0.4, 0.5) is 0 Å². The topological polar surface area (TPSA) is 42.0 Å². The smallest absolute Gasteiger partial charge is 0.220 e. The Bertz CT molecular complexity index is 284. The van der Waals surface area contributed by atoms with Gasteiger partial charge in [0.05, 0.1) is 0 Å². The van der Waals surface area contributed by atoms with Gasteiger partial charge in [-0.25, -0.2) is 0 Å². The second-order valence-electron chi connectivity index (χ2n) is 2.99. The quantitative estimate of drug-likeness (QED) is 0.660. The minimum atomic E-state index is 0.142. The minimum absolute atomic E-state index is 0.142. The van der Waals surface area contributed by atoms with E-state index in [1.54, 1.807) is 6.20 Å². The van der Waals surface area contributed by atoms with Gasteiger partial charge in [0.25, 0.3) is 0 Å². The number of pyridine rings is 1. The largest absolute Gasteiger partial charge is 0.355 e. The molecule has 1 N–H and O–H groups in total. The molecule has 1 unspecified atom stereocenters. The lowest BCUT2D eigenvalue weighted by Crippen LogP contribution is -2.13. The molecular weight excluding hydrogens is 152 g/mol. The van der Waals surface area contributed by atoms with Gasteiger partial charge in [-0.2, -0.15) is 0 Å². The van der Waals surface area contributed by atoms with Gasteiger partial charge in [0.15, 0.2) is 0 Å². The lowest BCUT2D eigenvalue weighted by Gasteiger charge is -2.04. The molecule has 1 fully saturated rings. The van der Waals surface area contributed by atoms with Gasteiger partial charge >= 0.3 is 0 Å². The summed E-state index contributed by atoms with van der Waals surface area (Å²) in [7, 11) is 0. The molecule has 1 aliphatic rings. The van der Waals surface area contributed by atoms with Crippen molar-refractivity contribution in [2.45, 2.75) is 12.3 Å². The minimum Gasteiger partial charge on any atom is -0.355 e.